The van der Waals surface area contributed by atoms with E-state index < -0.39 is 42.3 Å². The topological polar surface area (TPSA) is 156 Å². The molecule has 6 N–H and O–H groups in total. The van der Waals surface area contributed by atoms with E-state index in [1.165, 1.54) is 4.90 Å². The first-order valence-electron chi connectivity index (χ1n) is 5.70. The van der Waals surface area contributed by atoms with Gasteiger partial charge in [0.15, 0.2) is 0 Å². The maximum absolute atomic E-state index is 11.8. The van der Waals surface area contributed by atoms with Crippen molar-refractivity contribution in [1.29, 1.82) is 0 Å². The number of hydrogen-bond acceptors (Lipinski definition) is 4. The molecule has 4 amide bonds. The number of hydrogen-bond donors (Lipinski definition) is 4. The number of primary amides is 2. The standard InChI is InChI=1S/C10H16N4O5/c11-7(15)4-5(9(17)18)13-10(19)14-3-1-2-6(14)8(12)16/h5-6H,1-4H2,(H2,11,15)(H2,12,16)(H,13,19)(H,17,18). The number of carboxylic acid groups (broad SMARTS) is 1. The van der Waals surface area contributed by atoms with E-state index in [2.05, 4.69) is 5.32 Å². The van der Waals surface area contributed by atoms with Crippen LogP contribution in [0.15, 0.2) is 0 Å². The Hall–Kier alpha value is -2.32. The van der Waals surface area contributed by atoms with Gasteiger partial charge in [-0.3, -0.25) is 9.59 Å². The Morgan fingerprint density at radius 1 is 1.32 bits per heavy atom. The molecule has 19 heavy (non-hydrogen) atoms. The zero-order valence-corrected chi connectivity index (χ0v) is 10.2. The lowest BCUT2D eigenvalue weighted by atomic mass is 10.2. The van der Waals surface area contributed by atoms with Crippen LogP contribution >= 0.6 is 0 Å². The lowest BCUT2D eigenvalue weighted by Crippen LogP contribution is -2.53. The summed E-state index contributed by atoms with van der Waals surface area (Å²) in [6.07, 6.45) is 0.529. The molecule has 0 spiro atoms. The van der Waals surface area contributed by atoms with Gasteiger partial charge in [0.1, 0.15) is 12.1 Å². The van der Waals surface area contributed by atoms with Crippen molar-refractivity contribution in [1.82, 2.24) is 10.2 Å². The highest BCUT2D eigenvalue weighted by Crippen LogP contribution is 2.16. The van der Waals surface area contributed by atoms with Gasteiger partial charge in [0, 0.05) is 6.54 Å². The van der Waals surface area contributed by atoms with Gasteiger partial charge in [0.2, 0.25) is 11.8 Å². The number of nitrogens with one attached hydrogen (secondary N) is 1. The minimum absolute atomic E-state index is 0.308. The Kier molecular flexibility index (Phi) is 4.67. The fourth-order valence-electron chi connectivity index (χ4n) is 1.94. The van der Waals surface area contributed by atoms with Gasteiger partial charge in [-0.05, 0) is 12.8 Å². The van der Waals surface area contributed by atoms with Gasteiger partial charge in [-0.15, -0.1) is 0 Å². The molecular formula is C10H16N4O5. The number of urea groups is 1. The van der Waals surface area contributed by atoms with E-state index in [-0.39, 0.29) is 0 Å². The number of likely N-dealkylation sites (tertiary alicyclic amines) is 1. The molecule has 0 aromatic carbocycles. The number of carbonyl (C=O) groups is 4. The minimum Gasteiger partial charge on any atom is -0.480 e. The fourth-order valence-corrected chi connectivity index (χ4v) is 1.94. The summed E-state index contributed by atoms with van der Waals surface area (Å²) in [6.45, 7) is 0.308. The Labute approximate surface area is 108 Å². The predicted molar refractivity (Wildman–Crippen MR) is 62.7 cm³/mol. The molecule has 0 aliphatic carbocycles. The van der Waals surface area contributed by atoms with E-state index in [9.17, 15) is 19.2 Å². The second kappa shape index (κ2) is 6.03. The molecule has 2 atom stereocenters. The summed E-state index contributed by atoms with van der Waals surface area (Å²) in [5.74, 6) is -2.86. The molecule has 0 aromatic rings. The predicted octanol–water partition coefficient (Wildman–Crippen LogP) is -2.03. The summed E-state index contributed by atoms with van der Waals surface area (Å²) in [5.41, 5.74) is 10.0. The van der Waals surface area contributed by atoms with E-state index in [0.29, 0.717) is 19.4 Å². The summed E-state index contributed by atoms with van der Waals surface area (Å²) in [5, 5.41) is 11.0. The smallest absolute Gasteiger partial charge is 0.326 e. The zero-order valence-electron chi connectivity index (χ0n) is 10.2. The molecular weight excluding hydrogens is 256 g/mol. The van der Waals surface area contributed by atoms with Gasteiger partial charge in [-0.25, -0.2) is 9.59 Å². The van der Waals surface area contributed by atoms with Crippen LogP contribution in [-0.4, -0.2) is 52.4 Å². The largest absolute Gasteiger partial charge is 0.480 e. The van der Waals surface area contributed by atoms with Crippen LogP contribution in [0, 0.1) is 0 Å². The molecule has 2 unspecified atom stereocenters. The maximum atomic E-state index is 11.8. The average molecular weight is 272 g/mol. The third-order valence-electron chi connectivity index (χ3n) is 2.84. The molecule has 9 heteroatoms. The number of nitrogens with two attached hydrogens (primary N) is 2. The molecule has 1 rings (SSSR count). The average Bonchev–Trinajstić information content (AvgIpc) is 2.76. The number of rotatable bonds is 5. The van der Waals surface area contributed by atoms with Crippen molar-refractivity contribution < 1.29 is 24.3 Å². The summed E-state index contributed by atoms with van der Waals surface area (Å²) in [4.78, 5) is 45.7. The Balaban J connectivity index is 2.68. The number of aliphatic carboxylic acids is 1. The Morgan fingerprint density at radius 2 is 1.95 bits per heavy atom. The van der Waals surface area contributed by atoms with Gasteiger partial charge < -0.3 is 26.8 Å². The normalized spacial score (nSPS) is 19.8. The van der Waals surface area contributed by atoms with Crippen molar-refractivity contribution in [3.05, 3.63) is 0 Å². The molecule has 0 radical (unpaired) electrons. The van der Waals surface area contributed by atoms with E-state index in [0.717, 1.165) is 0 Å². The molecule has 106 valence electrons. The van der Waals surface area contributed by atoms with Gasteiger partial charge in [0.05, 0.1) is 6.42 Å². The second-order valence-electron chi connectivity index (χ2n) is 4.26. The van der Waals surface area contributed by atoms with Crippen molar-refractivity contribution in [3.8, 4) is 0 Å². The van der Waals surface area contributed by atoms with E-state index in [1.807, 2.05) is 0 Å². The van der Waals surface area contributed by atoms with Crippen molar-refractivity contribution in [2.75, 3.05) is 6.54 Å². The molecule has 0 bridgehead atoms. The summed E-state index contributed by atoms with van der Waals surface area (Å²) in [6, 6.07) is -2.91. The monoisotopic (exact) mass is 272 g/mol. The fraction of sp³-hybridized carbons (Fsp3) is 0.600. The molecule has 0 aromatic heterocycles. The molecule has 1 fully saturated rings. The Bertz CT molecular complexity index is 411. The van der Waals surface area contributed by atoms with Crippen LogP contribution in [0.4, 0.5) is 4.79 Å². The Morgan fingerprint density at radius 3 is 2.42 bits per heavy atom. The number of nitrogens with zero attached hydrogens (tertiary/aromatic N) is 1. The lowest BCUT2D eigenvalue weighted by molar-refractivity contribution is -0.140. The highest BCUT2D eigenvalue weighted by atomic mass is 16.4. The van der Waals surface area contributed by atoms with Gasteiger partial charge in [-0.2, -0.15) is 0 Å². The first-order chi connectivity index (χ1) is 8.82. The first kappa shape index (κ1) is 14.7. The third-order valence-corrected chi connectivity index (χ3v) is 2.84. The molecule has 1 aliphatic heterocycles. The van der Waals surface area contributed by atoms with E-state index in [1.54, 1.807) is 0 Å². The number of carbonyl (C=O) groups excluding carboxylic acids is 3. The molecule has 9 nitrogen and oxygen atoms in total. The van der Waals surface area contributed by atoms with Crippen LogP contribution in [0.2, 0.25) is 0 Å². The summed E-state index contributed by atoms with van der Waals surface area (Å²) < 4.78 is 0. The summed E-state index contributed by atoms with van der Waals surface area (Å²) >= 11 is 0. The molecule has 0 saturated carbocycles. The van der Waals surface area contributed by atoms with Crippen LogP contribution in [-0.2, 0) is 14.4 Å². The van der Waals surface area contributed by atoms with Gasteiger partial charge in [0.25, 0.3) is 0 Å². The second-order valence-corrected chi connectivity index (χ2v) is 4.26. The molecule has 1 saturated heterocycles. The van der Waals surface area contributed by atoms with Crippen LogP contribution in [0.5, 0.6) is 0 Å². The highest BCUT2D eigenvalue weighted by Gasteiger charge is 2.34. The number of amides is 4. The van der Waals surface area contributed by atoms with Crippen molar-refractivity contribution in [2.24, 2.45) is 11.5 Å². The van der Waals surface area contributed by atoms with Crippen molar-refractivity contribution >= 4 is 23.8 Å². The van der Waals surface area contributed by atoms with Crippen molar-refractivity contribution in [2.45, 2.75) is 31.3 Å². The van der Waals surface area contributed by atoms with Crippen LogP contribution in [0.3, 0.4) is 0 Å². The SMILES string of the molecule is NC(=O)CC(NC(=O)N1CCCC1C(N)=O)C(=O)O. The van der Waals surface area contributed by atoms with Gasteiger partial charge in [-0.1, -0.05) is 0 Å². The van der Waals surface area contributed by atoms with E-state index in [4.69, 9.17) is 16.6 Å². The minimum atomic E-state index is -1.42. The molecule has 1 heterocycles. The third kappa shape index (κ3) is 3.83. The van der Waals surface area contributed by atoms with Crippen molar-refractivity contribution in [3.63, 3.8) is 0 Å². The van der Waals surface area contributed by atoms with Crippen LogP contribution in [0.25, 0.3) is 0 Å². The quantitative estimate of drug-likeness (QED) is 0.454. The van der Waals surface area contributed by atoms with E-state index >= 15 is 0 Å². The highest BCUT2D eigenvalue weighted by molar-refractivity contribution is 5.90. The molecule has 1 aliphatic rings. The van der Waals surface area contributed by atoms with Crippen LogP contribution < -0.4 is 16.8 Å². The summed E-state index contributed by atoms with van der Waals surface area (Å²) in [7, 11) is 0. The maximum Gasteiger partial charge on any atom is 0.326 e. The number of carboxylic acids is 1. The first-order valence-corrected chi connectivity index (χ1v) is 5.70. The zero-order chi connectivity index (χ0) is 14.6. The lowest BCUT2D eigenvalue weighted by Gasteiger charge is -2.24. The van der Waals surface area contributed by atoms with Gasteiger partial charge >= 0.3 is 12.0 Å². The van der Waals surface area contributed by atoms with Crippen LogP contribution in [0.1, 0.15) is 19.3 Å².